The van der Waals surface area contributed by atoms with Crippen molar-refractivity contribution in [2.45, 2.75) is 32.3 Å². The van der Waals surface area contributed by atoms with Gasteiger partial charge >= 0.3 is 0 Å². The van der Waals surface area contributed by atoms with Crippen molar-refractivity contribution < 1.29 is 24.4 Å². The molecule has 0 saturated heterocycles. The van der Waals surface area contributed by atoms with E-state index in [2.05, 4.69) is 6.58 Å². The summed E-state index contributed by atoms with van der Waals surface area (Å²) in [5.74, 6) is -1.75. The number of ether oxygens (including phenoxy) is 1. The Bertz CT molecular complexity index is 948. The average molecular weight is 384 g/mol. The largest absolute Gasteiger partial charge is 0.507 e. The molecule has 0 bridgehead atoms. The molecule has 0 aromatic heterocycles. The van der Waals surface area contributed by atoms with Crippen molar-refractivity contribution in [1.29, 1.82) is 0 Å². The first-order valence-electron chi connectivity index (χ1n) is 9.15. The number of halogens is 1. The number of rotatable bonds is 4. The Morgan fingerprint density at radius 2 is 1.96 bits per heavy atom. The van der Waals surface area contributed by atoms with Gasteiger partial charge in [-0.2, -0.15) is 0 Å². The SMILES string of the molecule is C=C(C)[C@@H]1C[C@H](O)C(C)=C[C@H]1c1c(O)cc(-c2cccc(OC)c2)c(F)c1O. The van der Waals surface area contributed by atoms with Crippen LogP contribution in [0.3, 0.4) is 0 Å². The molecule has 0 aliphatic heterocycles. The van der Waals surface area contributed by atoms with Gasteiger partial charge in [-0.1, -0.05) is 30.4 Å². The summed E-state index contributed by atoms with van der Waals surface area (Å²) >= 11 is 0. The van der Waals surface area contributed by atoms with E-state index >= 15 is 4.39 Å². The zero-order valence-electron chi connectivity index (χ0n) is 16.2. The van der Waals surface area contributed by atoms with Gasteiger partial charge in [0, 0.05) is 17.0 Å². The Kier molecular flexibility index (Phi) is 5.47. The first-order valence-corrected chi connectivity index (χ1v) is 9.15. The van der Waals surface area contributed by atoms with Gasteiger partial charge in [-0.05, 0) is 55.5 Å². The molecule has 5 heteroatoms. The van der Waals surface area contributed by atoms with E-state index in [9.17, 15) is 15.3 Å². The maximum absolute atomic E-state index is 15.1. The lowest BCUT2D eigenvalue weighted by atomic mass is 9.72. The Labute approximate surface area is 164 Å². The maximum Gasteiger partial charge on any atom is 0.173 e. The summed E-state index contributed by atoms with van der Waals surface area (Å²) in [6.45, 7) is 7.58. The van der Waals surface area contributed by atoms with Gasteiger partial charge in [0.25, 0.3) is 0 Å². The fraction of sp³-hybridized carbons (Fsp3) is 0.304. The second-order valence-electron chi connectivity index (χ2n) is 7.39. The third kappa shape index (κ3) is 3.50. The normalized spacial score (nSPS) is 21.9. The molecule has 1 aliphatic carbocycles. The highest BCUT2D eigenvalue weighted by molar-refractivity contribution is 5.71. The number of methoxy groups -OCH3 is 1. The molecule has 3 atom stereocenters. The Hall–Kier alpha value is -2.79. The summed E-state index contributed by atoms with van der Waals surface area (Å²) in [6, 6.07) is 8.07. The van der Waals surface area contributed by atoms with Gasteiger partial charge in [0.2, 0.25) is 0 Å². The molecule has 28 heavy (non-hydrogen) atoms. The van der Waals surface area contributed by atoms with Crippen LogP contribution in [-0.2, 0) is 0 Å². The number of aliphatic hydroxyl groups excluding tert-OH is 1. The molecule has 0 amide bonds. The fourth-order valence-corrected chi connectivity index (χ4v) is 3.85. The molecule has 148 valence electrons. The number of hydrogen-bond acceptors (Lipinski definition) is 4. The van der Waals surface area contributed by atoms with Crippen LogP contribution in [-0.4, -0.2) is 28.5 Å². The highest BCUT2D eigenvalue weighted by Gasteiger charge is 2.34. The van der Waals surface area contributed by atoms with E-state index in [4.69, 9.17) is 4.74 Å². The topological polar surface area (TPSA) is 69.9 Å². The van der Waals surface area contributed by atoms with Crippen LogP contribution in [0.2, 0.25) is 0 Å². The van der Waals surface area contributed by atoms with Gasteiger partial charge in [-0.15, -0.1) is 0 Å². The Balaban J connectivity index is 2.16. The minimum Gasteiger partial charge on any atom is -0.507 e. The molecule has 2 aromatic rings. The molecule has 0 saturated carbocycles. The smallest absolute Gasteiger partial charge is 0.173 e. The zero-order chi connectivity index (χ0) is 20.6. The molecule has 0 fully saturated rings. The van der Waals surface area contributed by atoms with E-state index < -0.39 is 23.6 Å². The number of aromatic hydroxyl groups is 2. The molecule has 0 radical (unpaired) electrons. The molecule has 3 rings (SSSR count). The molecule has 4 nitrogen and oxygen atoms in total. The van der Waals surface area contributed by atoms with Crippen molar-refractivity contribution in [3.63, 3.8) is 0 Å². The minimum absolute atomic E-state index is 0.0843. The first-order chi connectivity index (χ1) is 13.2. The molecule has 3 N–H and O–H groups in total. The predicted octanol–water partition coefficient (Wildman–Crippen LogP) is 4.90. The number of aliphatic hydroxyl groups is 1. The standard InChI is InChI=1S/C23H25FO4/c1-12(2)16-10-19(25)13(3)8-18(16)21-20(26)11-17(22(24)23(21)27)14-6-5-7-15(9-14)28-4/h5-9,11,16,18-19,25-27H,1,10H2,2-4H3/t16-,18+,19-/m0/s1. The van der Waals surface area contributed by atoms with Crippen LogP contribution in [0.15, 0.2) is 54.1 Å². The second kappa shape index (κ2) is 7.68. The van der Waals surface area contributed by atoms with Gasteiger partial charge in [0.15, 0.2) is 11.6 Å². The number of benzene rings is 2. The van der Waals surface area contributed by atoms with Crippen LogP contribution in [0.1, 0.15) is 31.7 Å². The van der Waals surface area contributed by atoms with Gasteiger partial charge in [-0.3, -0.25) is 0 Å². The van der Waals surface area contributed by atoms with Crippen LogP contribution in [0.4, 0.5) is 4.39 Å². The first kappa shape index (κ1) is 20.0. The lowest BCUT2D eigenvalue weighted by Gasteiger charge is -2.34. The summed E-state index contributed by atoms with van der Waals surface area (Å²) < 4.78 is 20.3. The fourth-order valence-electron chi connectivity index (χ4n) is 3.85. The lowest BCUT2D eigenvalue weighted by Crippen LogP contribution is -2.26. The van der Waals surface area contributed by atoms with E-state index in [0.717, 1.165) is 11.1 Å². The monoisotopic (exact) mass is 384 g/mol. The van der Waals surface area contributed by atoms with Crippen molar-refractivity contribution in [2.24, 2.45) is 5.92 Å². The zero-order valence-corrected chi connectivity index (χ0v) is 16.2. The molecule has 1 aliphatic rings. The van der Waals surface area contributed by atoms with E-state index in [1.165, 1.54) is 13.2 Å². The predicted molar refractivity (Wildman–Crippen MR) is 107 cm³/mol. The third-order valence-electron chi connectivity index (χ3n) is 5.48. The van der Waals surface area contributed by atoms with E-state index in [-0.39, 0.29) is 22.8 Å². The van der Waals surface area contributed by atoms with Gasteiger partial charge in [0.1, 0.15) is 11.5 Å². The van der Waals surface area contributed by atoms with Crippen molar-refractivity contribution in [1.82, 2.24) is 0 Å². The second-order valence-corrected chi connectivity index (χ2v) is 7.39. The summed E-state index contributed by atoms with van der Waals surface area (Å²) in [5.41, 5.74) is 2.20. The van der Waals surface area contributed by atoms with Crippen molar-refractivity contribution in [2.75, 3.05) is 7.11 Å². The Morgan fingerprint density at radius 3 is 2.61 bits per heavy atom. The van der Waals surface area contributed by atoms with Gasteiger partial charge in [0.05, 0.1) is 13.2 Å². The number of phenolic OH excluding ortho intramolecular Hbond substituents is 2. The van der Waals surface area contributed by atoms with Crippen LogP contribution < -0.4 is 4.74 Å². The summed E-state index contributed by atoms with van der Waals surface area (Å²) in [6.07, 6.45) is 1.55. The Morgan fingerprint density at radius 1 is 1.25 bits per heavy atom. The van der Waals surface area contributed by atoms with Crippen LogP contribution in [0.25, 0.3) is 11.1 Å². The summed E-state index contributed by atoms with van der Waals surface area (Å²) in [4.78, 5) is 0. The summed E-state index contributed by atoms with van der Waals surface area (Å²) in [7, 11) is 1.51. The third-order valence-corrected chi connectivity index (χ3v) is 5.48. The van der Waals surface area contributed by atoms with E-state index in [0.29, 0.717) is 17.7 Å². The van der Waals surface area contributed by atoms with Crippen molar-refractivity contribution in [3.05, 3.63) is 65.5 Å². The molecular weight excluding hydrogens is 359 g/mol. The number of phenols is 2. The molecule has 0 spiro atoms. The highest BCUT2D eigenvalue weighted by atomic mass is 19.1. The van der Waals surface area contributed by atoms with Crippen LogP contribution in [0, 0.1) is 11.7 Å². The molecule has 0 heterocycles. The van der Waals surface area contributed by atoms with Crippen LogP contribution in [0.5, 0.6) is 17.2 Å². The van der Waals surface area contributed by atoms with E-state index in [1.54, 1.807) is 37.3 Å². The van der Waals surface area contributed by atoms with Gasteiger partial charge < -0.3 is 20.1 Å². The van der Waals surface area contributed by atoms with Gasteiger partial charge in [-0.25, -0.2) is 4.39 Å². The maximum atomic E-state index is 15.1. The number of hydrogen-bond donors (Lipinski definition) is 3. The quantitative estimate of drug-likeness (QED) is 0.656. The average Bonchev–Trinajstić information content (AvgIpc) is 2.67. The number of allylic oxidation sites excluding steroid dienone is 2. The van der Waals surface area contributed by atoms with Crippen molar-refractivity contribution >= 4 is 0 Å². The highest BCUT2D eigenvalue weighted by Crippen LogP contribution is 2.48. The van der Waals surface area contributed by atoms with Crippen molar-refractivity contribution in [3.8, 4) is 28.4 Å². The van der Waals surface area contributed by atoms with E-state index in [1.807, 2.05) is 6.92 Å². The molecule has 2 aromatic carbocycles. The lowest BCUT2D eigenvalue weighted by molar-refractivity contribution is 0.168. The summed E-state index contributed by atoms with van der Waals surface area (Å²) in [5, 5.41) is 31.5. The molecular formula is C23H25FO4. The van der Waals surface area contributed by atoms with Crippen LogP contribution >= 0.6 is 0 Å². The minimum atomic E-state index is -0.807. The molecule has 0 unspecified atom stereocenters.